The number of nitrogens with zero attached hydrogens (tertiary/aromatic N) is 3. The number of rotatable bonds is 5. The topological polar surface area (TPSA) is 134 Å². The standard InChI is InChI=1S/C18H16N6O2S/c1-27(25,26)24-15-4-2-3-13(9-15)16-10-17(20)23-18(22-16)21-14-7-5-12(11-19)6-8-14/h2-10,24H,1H3,(H3,20,21,22,23). The fourth-order valence-corrected chi connectivity index (χ4v) is 2.94. The number of nitrogens with one attached hydrogen (secondary N) is 2. The molecule has 0 radical (unpaired) electrons. The van der Waals surface area contributed by atoms with Gasteiger partial charge in [-0.05, 0) is 36.4 Å². The van der Waals surface area contributed by atoms with Crippen LogP contribution in [0.5, 0.6) is 0 Å². The molecule has 27 heavy (non-hydrogen) atoms. The van der Waals surface area contributed by atoms with Gasteiger partial charge < -0.3 is 11.1 Å². The lowest BCUT2D eigenvalue weighted by Gasteiger charge is -2.10. The number of sulfonamides is 1. The molecule has 8 nitrogen and oxygen atoms in total. The van der Waals surface area contributed by atoms with E-state index < -0.39 is 10.0 Å². The summed E-state index contributed by atoms with van der Waals surface area (Å²) in [4.78, 5) is 8.59. The van der Waals surface area contributed by atoms with Crippen molar-refractivity contribution in [1.82, 2.24) is 9.97 Å². The molecular formula is C18H16N6O2S. The molecule has 1 aromatic heterocycles. The Labute approximate surface area is 156 Å². The van der Waals surface area contributed by atoms with Crippen molar-refractivity contribution in [3.8, 4) is 17.3 Å². The van der Waals surface area contributed by atoms with E-state index >= 15 is 0 Å². The van der Waals surface area contributed by atoms with Crippen LogP contribution in [-0.2, 0) is 10.0 Å². The van der Waals surface area contributed by atoms with Crippen LogP contribution < -0.4 is 15.8 Å². The van der Waals surface area contributed by atoms with E-state index in [1.165, 1.54) is 0 Å². The Kier molecular flexibility index (Phi) is 4.92. The summed E-state index contributed by atoms with van der Waals surface area (Å²) in [5.41, 5.74) is 8.79. The number of nitrogen functional groups attached to an aromatic ring is 1. The smallest absolute Gasteiger partial charge is 0.229 e. The maximum absolute atomic E-state index is 11.4. The van der Waals surface area contributed by atoms with Gasteiger partial charge in [-0.2, -0.15) is 10.2 Å². The normalized spacial score (nSPS) is 10.8. The van der Waals surface area contributed by atoms with E-state index in [0.717, 1.165) is 6.26 Å². The molecule has 0 bridgehead atoms. The fourth-order valence-electron chi connectivity index (χ4n) is 2.38. The number of anilines is 4. The Morgan fingerprint density at radius 2 is 1.78 bits per heavy atom. The Balaban J connectivity index is 1.91. The molecule has 1 heterocycles. The van der Waals surface area contributed by atoms with Crippen molar-refractivity contribution in [3.63, 3.8) is 0 Å². The summed E-state index contributed by atoms with van der Waals surface area (Å²) >= 11 is 0. The first kappa shape index (κ1) is 18.2. The molecule has 0 spiro atoms. The van der Waals surface area contributed by atoms with Crippen LogP contribution in [0.15, 0.2) is 54.6 Å². The highest BCUT2D eigenvalue weighted by Crippen LogP contribution is 2.25. The lowest BCUT2D eigenvalue weighted by molar-refractivity contribution is 0.607. The molecule has 3 rings (SSSR count). The minimum Gasteiger partial charge on any atom is -0.384 e. The molecule has 0 aliphatic carbocycles. The third-order valence-corrected chi connectivity index (χ3v) is 4.08. The van der Waals surface area contributed by atoms with Crippen molar-refractivity contribution < 1.29 is 8.42 Å². The largest absolute Gasteiger partial charge is 0.384 e. The molecule has 0 atom stereocenters. The number of nitriles is 1. The molecule has 0 aliphatic rings. The summed E-state index contributed by atoms with van der Waals surface area (Å²) in [6.07, 6.45) is 1.09. The predicted octanol–water partition coefficient (Wildman–Crippen LogP) is 2.71. The zero-order chi connectivity index (χ0) is 19.4. The average molecular weight is 380 g/mol. The highest BCUT2D eigenvalue weighted by Gasteiger charge is 2.08. The first-order chi connectivity index (χ1) is 12.8. The lowest BCUT2D eigenvalue weighted by atomic mass is 10.1. The summed E-state index contributed by atoms with van der Waals surface area (Å²) in [7, 11) is -3.38. The van der Waals surface area contributed by atoms with E-state index in [1.54, 1.807) is 54.6 Å². The SMILES string of the molecule is CS(=O)(=O)Nc1cccc(-c2cc(N)nc(Nc3ccc(C#N)cc3)n2)c1. The summed E-state index contributed by atoms with van der Waals surface area (Å²) in [6, 6.07) is 17.3. The van der Waals surface area contributed by atoms with Crippen LogP contribution >= 0.6 is 0 Å². The third-order valence-electron chi connectivity index (χ3n) is 3.48. The van der Waals surface area contributed by atoms with Crippen LogP contribution in [0.1, 0.15) is 5.56 Å². The quantitative estimate of drug-likeness (QED) is 0.619. The second kappa shape index (κ2) is 7.31. The fraction of sp³-hybridized carbons (Fsp3) is 0.0556. The molecule has 0 fully saturated rings. The molecular weight excluding hydrogens is 364 g/mol. The maximum Gasteiger partial charge on any atom is 0.229 e. The average Bonchev–Trinajstić information content (AvgIpc) is 2.61. The lowest BCUT2D eigenvalue weighted by Crippen LogP contribution is -2.09. The van der Waals surface area contributed by atoms with Crippen LogP contribution in [0.25, 0.3) is 11.3 Å². The van der Waals surface area contributed by atoms with E-state index in [0.29, 0.717) is 28.2 Å². The Bertz CT molecular complexity index is 1120. The van der Waals surface area contributed by atoms with Crippen molar-refractivity contribution in [3.05, 3.63) is 60.2 Å². The summed E-state index contributed by atoms with van der Waals surface area (Å²) in [5.74, 6) is 0.550. The molecule has 0 aliphatic heterocycles. The predicted molar refractivity (Wildman–Crippen MR) is 105 cm³/mol. The Hall–Kier alpha value is -3.64. The van der Waals surface area contributed by atoms with Crippen LogP contribution in [0, 0.1) is 11.3 Å². The number of benzene rings is 2. The van der Waals surface area contributed by atoms with Crippen molar-refractivity contribution in [2.75, 3.05) is 22.0 Å². The van der Waals surface area contributed by atoms with Crippen molar-refractivity contribution in [2.24, 2.45) is 0 Å². The van der Waals surface area contributed by atoms with Crippen molar-refractivity contribution in [2.45, 2.75) is 0 Å². The van der Waals surface area contributed by atoms with E-state index in [2.05, 4.69) is 26.1 Å². The summed E-state index contributed by atoms with van der Waals surface area (Å²) in [5, 5.41) is 11.9. The van der Waals surface area contributed by atoms with Gasteiger partial charge in [-0.1, -0.05) is 12.1 Å². The highest BCUT2D eigenvalue weighted by molar-refractivity contribution is 7.92. The van der Waals surface area contributed by atoms with E-state index in [-0.39, 0.29) is 11.8 Å². The van der Waals surface area contributed by atoms with E-state index in [4.69, 9.17) is 11.0 Å². The minimum atomic E-state index is -3.38. The zero-order valence-corrected chi connectivity index (χ0v) is 15.2. The summed E-state index contributed by atoms with van der Waals surface area (Å²) < 4.78 is 25.3. The van der Waals surface area contributed by atoms with Gasteiger partial charge in [0.2, 0.25) is 16.0 Å². The van der Waals surface area contributed by atoms with Crippen LogP contribution in [0.4, 0.5) is 23.1 Å². The molecule has 0 saturated heterocycles. The molecule has 2 aromatic carbocycles. The molecule has 4 N–H and O–H groups in total. The van der Waals surface area contributed by atoms with Crippen molar-refractivity contribution >= 4 is 33.2 Å². The van der Waals surface area contributed by atoms with Gasteiger partial charge in [-0.3, -0.25) is 4.72 Å². The van der Waals surface area contributed by atoms with Gasteiger partial charge in [0.05, 0.1) is 23.6 Å². The Morgan fingerprint density at radius 3 is 2.44 bits per heavy atom. The maximum atomic E-state index is 11.4. The zero-order valence-electron chi connectivity index (χ0n) is 14.3. The molecule has 136 valence electrons. The second-order valence-corrected chi connectivity index (χ2v) is 7.52. The van der Waals surface area contributed by atoms with Gasteiger partial charge in [-0.25, -0.2) is 13.4 Å². The van der Waals surface area contributed by atoms with E-state index in [1.807, 2.05) is 0 Å². The second-order valence-electron chi connectivity index (χ2n) is 5.77. The van der Waals surface area contributed by atoms with E-state index in [9.17, 15) is 8.42 Å². The van der Waals surface area contributed by atoms with Gasteiger partial charge in [0.15, 0.2) is 0 Å². The number of aromatic nitrogens is 2. The molecule has 0 saturated carbocycles. The highest BCUT2D eigenvalue weighted by atomic mass is 32.2. The van der Waals surface area contributed by atoms with Gasteiger partial charge in [-0.15, -0.1) is 0 Å². The monoisotopic (exact) mass is 380 g/mol. The number of nitrogens with two attached hydrogens (primary N) is 1. The molecule has 0 unspecified atom stereocenters. The van der Waals surface area contributed by atoms with Gasteiger partial charge in [0.1, 0.15) is 5.82 Å². The van der Waals surface area contributed by atoms with Crippen LogP contribution in [-0.4, -0.2) is 24.6 Å². The van der Waals surface area contributed by atoms with Gasteiger partial charge >= 0.3 is 0 Å². The molecule has 0 amide bonds. The number of hydrogen-bond acceptors (Lipinski definition) is 7. The van der Waals surface area contributed by atoms with Crippen LogP contribution in [0.3, 0.4) is 0 Å². The molecule has 9 heteroatoms. The minimum absolute atomic E-state index is 0.262. The molecule has 3 aromatic rings. The first-order valence-corrected chi connectivity index (χ1v) is 9.71. The van der Waals surface area contributed by atoms with Crippen LogP contribution in [0.2, 0.25) is 0 Å². The Morgan fingerprint density at radius 1 is 1.04 bits per heavy atom. The van der Waals surface area contributed by atoms with Crippen molar-refractivity contribution in [1.29, 1.82) is 5.26 Å². The van der Waals surface area contributed by atoms with Gasteiger partial charge in [0, 0.05) is 23.0 Å². The first-order valence-electron chi connectivity index (χ1n) is 7.82. The summed E-state index contributed by atoms with van der Waals surface area (Å²) in [6.45, 7) is 0. The third kappa shape index (κ3) is 4.93. The van der Waals surface area contributed by atoms with Gasteiger partial charge in [0.25, 0.3) is 0 Å². The number of hydrogen-bond donors (Lipinski definition) is 3.